The Morgan fingerprint density at radius 3 is 2.76 bits per heavy atom. The highest BCUT2D eigenvalue weighted by Crippen LogP contribution is 2.30. The second-order valence-corrected chi connectivity index (χ2v) is 6.77. The van der Waals surface area contributed by atoms with E-state index in [0.29, 0.717) is 16.4 Å². The lowest BCUT2D eigenvalue weighted by Gasteiger charge is -2.18. The highest BCUT2D eigenvalue weighted by atomic mass is 35.5. The number of hydrogen-bond donors (Lipinski definition) is 3. The Balaban J connectivity index is 2.20. The Hall–Kier alpha value is -1.72. The molecule has 0 radical (unpaired) electrons. The van der Waals surface area contributed by atoms with E-state index in [1.54, 1.807) is 17.4 Å². The second kappa shape index (κ2) is 6.37. The number of halogens is 1. The fourth-order valence-electron chi connectivity index (χ4n) is 2.14. The van der Waals surface area contributed by atoms with E-state index < -0.39 is 5.97 Å². The van der Waals surface area contributed by atoms with Gasteiger partial charge in [-0.25, -0.2) is 4.79 Å². The molecule has 0 aliphatic carbocycles. The highest BCUT2D eigenvalue weighted by molar-refractivity contribution is 7.11. The first-order chi connectivity index (χ1) is 9.86. The molecule has 2 rings (SSSR count). The van der Waals surface area contributed by atoms with Gasteiger partial charge in [0.05, 0.1) is 16.3 Å². The molecule has 0 bridgehead atoms. The van der Waals surface area contributed by atoms with Crippen LogP contribution >= 0.6 is 22.9 Å². The maximum Gasteiger partial charge on any atom is 0.337 e. The number of hydrogen-bond acceptors (Lipinski definition) is 4. The van der Waals surface area contributed by atoms with E-state index >= 15 is 0 Å². The van der Waals surface area contributed by atoms with Crippen LogP contribution in [0.2, 0.25) is 5.02 Å². The minimum Gasteiger partial charge on any atom is -0.478 e. The summed E-state index contributed by atoms with van der Waals surface area (Å²) in [5, 5.41) is 12.8. The summed E-state index contributed by atoms with van der Waals surface area (Å²) in [6, 6.07) is 7.19. The Morgan fingerprint density at radius 2 is 2.19 bits per heavy atom. The molecular weight excluding hydrogens is 308 g/mol. The third-order valence-electron chi connectivity index (χ3n) is 3.04. The second-order valence-electron chi connectivity index (χ2n) is 4.99. The topological polar surface area (TPSA) is 75.3 Å². The van der Waals surface area contributed by atoms with Gasteiger partial charge in [-0.2, -0.15) is 0 Å². The summed E-state index contributed by atoms with van der Waals surface area (Å²) in [7, 11) is 0. The quantitative estimate of drug-likeness (QED) is 0.726. The molecule has 0 aliphatic rings. The van der Waals surface area contributed by atoms with Crippen LogP contribution in [0.3, 0.4) is 0 Å². The van der Waals surface area contributed by atoms with Gasteiger partial charge in [-0.15, -0.1) is 11.3 Å². The number of aryl methyl sites for hydroxylation is 1. The van der Waals surface area contributed by atoms with Gasteiger partial charge >= 0.3 is 5.97 Å². The van der Waals surface area contributed by atoms with Gasteiger partial charge in [-0.3, -0.25) is 0 Å². The smallest absolute Gasteiger partial charge is 0.337 e. The first kappa shape index (κ1) is 15.7. The van der Waals surface area contributed by atoms with E-state index in [9.17, 15) is 9.90 Å². The van der Waals surface area contributed by atoms with Crippen LogP contribution in [0.25, 0.3) is 0 Å². The molecule has 6 heteroatoms. The molecule has 0 aliphatic heterocycles. The van der Waals surface area contributed by atoms with Crippen molar-refractivity contribution >= 4 is 40.3 Å². The lowest BCUT2D eigenvalue weighted by Crippen LogP contribution is -2.20. The van der Waals surface area contributed by atoms with Gasteiger partial charge in [0.1, 0.15) is 0 Å². The molecule has 0 saturated carbocycles. The number of carboxylic acid groups (broad SMARTS) is 1. The van der Waals surface area contributed by atoms with Gasteiger partial charge in [-0.05, 0) is 38.1 Å². The van der Waals surface area contributed by atoms with Crippen LogP contribution < -0.4 is 11.1 Å². The molecule has 0 spiro atoms. The minimum absolute atomic E-state index is 0.0577. The molecule has 4 N–H and O–H groups in total. The zero-order valence-electron chi connectivity index (χ0n) is 11.8. The Labute approximate surface area is 132 Å². The molecule has 0 amide bonds. The highest BCUT2D eigenvalue weighted by Gasteiger charge is 2.17. The van der Waals surface area contributed by atoms with Crippen LogP contribution in [0.1, 0.15) is 27.0 Å². The van der Waals surface area contributed by atoms with Gasteiger partial charge in [0, 0.05) is 27.9 Å². The van der Waals surface area contributed by atoms with E-state index in [4.69, 9.17) is 17.3 Å². The molecule has 1 heterocycles. The fourth-order valence-corrected chi connectivity index (χ4v) is 3.44. The predicted molar refractivity (Wildman–Crippen MR) is 88.7 cm³/mol. The number of anilines is 2. The maximum absolute atomic E-state index is 11.3. The maximum atomic E-state index is 11.3. The van der Waals surface area contributed by atoms with Crippen molar-refractivity contribution in [2.45, 2.75) is 26.3 Å². The summed E-state index contributed by atoms with van der Waals surface area (Å²) in [5.74, 6) is -1.05. The standard InChI is InChI=1S/C15H17ClN2O2S/c1-8(5-11-4-3-9(2)21-11)18-14-12(15(19)20)6-10(17)7-13(14)16/h3-4,6-8,18H,5,17H2,1-2H3,(H,19,20). The summed E-state index contributed by atoms with van der Waals surface area (Å²) >= 11 is 7.86. The van der Waals surface area contributed by atoms with Crippen molar-refractivity contribution < 1.29 is 9.90 Å². The normalized spacial score (nSPS) is 12.1. The number of aromatic carboxylic acids is 1. The summed E-state index contributed by atoms with van der Waals surface area (Å²) in [5.41, 5.74) is 6.49. The third-order valence-corrected chi connectivity index (χ3v) is 4.36. The average molecular weight is 325 g/mol. The third kappa shape index (κ3) is 3.89. The first-order valence-electron chi connectivity index (χ1n) is 6.51. The number of nitrogens with one attached hydrogen (secondary N) is 1. The summed E-state index contributed by atoms with van der Waals surface area (Å²) in [4.78, 5) is 13.8. The van der Waals surface area contributed by atoms with Gasteiger partial charge in [0.2, 0.25) is 0 Å². The summed E-state index contributed by atoms with van der Waals surface area (Å²) in [6.45, 7) is 4.05. The number of rotatable bonds is 5. The summed E-state index contributed by atoms with van der Waals surface area (Å²) < 4.78 is 0. The Bertz CT molecular complexity index is 670. The Morgan fingerprint density at radius 1 is 1.48 bits per heavy atom. The van der Waals surface area contributed by atoms with Crippen molar-refractivity contribution in [2.24, 2.45) is 0 Å². The van der Waals surface area contributed by atoms with Crippen molar-refractivity contribution in [1.82, 2.24) is 0 Å². The van der Waals surface area contributed by atoms with E-state index in [-0.39, 0.29) is 11.6 Å². The van der Waals surface area contributed by atoms with Crippen molar-refractivity contribution in [1.29, 1.82) is 0 Å². The number of nitrogens with two attached hydrogens (primary N) is 1. The zero-order chi connectivity index (χ0) is 15.6. The van der Waals surface area contributed by atoms with Crippen LogP contribution in [0.15, 0.2) is 24.3 Å². The van der Waals surface area contributed by atoms with Gasteiger partial charge in [0.15, 0.2) is 0 Å². The summed E-state index contributed by atoms with van der Waals surface area (Å²) in [6.07, 6.45) is 0.804. The zero-order valence-corrected chi connectivity index (χ0v) is 13.4. The minimum atomic E-state index is -1.05. The average Bonchev–Trinajstić information content (AvgIpc) is 2.77. The molecule has 4 nitrogen and oxygen atoms in total. The van der Waals surface area contributed by atoms with Crippen LogP contribution in [0.4, 0.5) is 11.4 Å². The fraction of sp³-hybridized carbons (Fsp3) is 0.267. The van der Waals surface area contributed by atoms with Crippen molar-refractivity contribution in [3.8, 4) is 0 Å². The van der Waals surface area contributed by atoms with E-state index in [1.807, 2.05) is 6.92 Å². The van der Waals surface area contributed by atoms with Crippen LogP contribution in [0.5, 0.6) is 0 Å². The molecule has 1 aromatic carbocycles. The lowest BCUT2D eigenvalue weighted by atomic mass is 10.1. The predicted octanol–water partition coefficient (Wildman–Crippen LogP) is 4.03. The number of benzene rings is 1. The largest absolute Gasteiger partial charge is 0.478 e. The molecular formula is C15H17ClN2O2S. The van der Waals surface area contributed by atoms with Crippen molar-refractivity contribution in [3.05, 3.63) is 44.6 Å². The van der Waals surface area contributed by atoms with Gasteiger partial charge in [-0.1, -0.05) is 11.6 Å². The molecule has 1 aromatic heterocycles. The molecule has 112 valence electrons. The lowest BCUT2D eigenvalue weighted by molar-refractivity contribution is 0.0698. The van der Waals surface area contributed by atoms with Crippen LogP contribution in [0, 0.1) is 6.92 Å². The number of carbonyl (C=O) groups is 1. The molecule has 2 aromatic rings. The molecule has 1 unspecified atom stereocenters. The van der Waals surface area contributed by atoms with Crippen molar-refractivity contribution in [3.63, 3.8) is 0 Å². The van der Waals surface area contributed by atoms with E-state index in [1.165, 1.54) is 15.8 Å². The SMILES string of the molecule is Cc1ccc(CC(C)Nc2c(Cl)cc(N)cc2C(=O)O)s1. The Kier molecular flexibility index (Phi) is 4.75. The number of nitrogen functional groups attached to an aromatic ring is 1. The number of carboxylic acids is 1. The number of thiophene rings is 1. The molecule has 1 atom stereocenters. The molecule has 0 saturated heterocycles. The van der Waals surface area contributed by atoms with Gasteiger partial charge in [0.25, 0.3) is 0 Å². The van der Waals surface area contributed by atoms with E-state index in [2.05, 4.69) is 24.4 Å². The molecule has 21 heavy (non-hydrogen) atoms. The molecule has 0 fully saturated rings. The monoisotopic (exact) mass is 324 g/mol. The van der Waals surface area contributed by atoms with Gasteiger partial charge < -0.3 is 16.2 Å². The van der Waals surface area contributed by atoms with Crippen LogP contribution in [-0.4, -0.2) is 17.1 Å². The van der Waals surface area contributed by atoms with E-state index in [0.717, 1.165) is 6.42 Å². The van der Waals surface area contributed by atoms with Crippen molar-refractivity contribution in [2.75, 3.05) is 11.1 Å². The first-order valence-corrected chi connectivity index (χ1v) is 7.70. The van der Waals surface area contributed by atoms with Crippen LogP contribution in [-0.2, 0) is 6.42 Å².